The molecule has 0 saturated heterocycles. The number of nitrogens with zero attached hydrogens (tertiary/aromatic N) is 1. The van der Waals surface area contributed by atoms with E-state index >= 15 is 0 Å². The van der Waals surface area contributed by atoms with Crippen molar-refractivity contribution in [3.05, 3.63) is 53.4 Å². The molecule has 0 fully saturated rings. The van der Waals surface area contributed by atoms with E-state index in [1.807, 2.05) is 43.3 Å². The third kappa shape index (κ3) is 2.98. The molecule has 1 aliphatic rings. The lowest BCUT2D eigenvalue weighted by atomic mass is 9.95. The largest absolute Gasteiger partial charge is 0.493 e. The van der Waals surface area contributed by atoms with Crippen LogP contribution in [-0.2, 0) is 17.8 Å². The second-order valence-corrected chi connectivity index (χ2v) is 6.41. The zero-order valence-corrected chi connectivity index (χ0v) is 14.7. The first kappa shape index (κ1) is 16.4. The molecule has 1 aromatic heterocycles. The molecule has 4 rings (SSSR count). The van der Waals surface area contributed by atoms with Crippen molar-refractivity contribution in [3.63, 3.8) is 0 Å². The average Bonchev–Trinajstić information content (AvgIpc) is 3.09. The standard InChI is InChI=1S/C20H20N2O4/c1-12-5-3-7-15-18(12)22-17(26-15)10-21-20(23)14-9-13-6-4-8-16(24-2)19(13)25-11-14/h3-8,14H,9-11H2,1-2H3,(H,21,23)/t14-/m0/s1. The van der Waals surface area contributed by atoms with Gasteiger partial charge in [0.2, 0.25) is 11.8 Å². The Bertz CT molecular complexity index is 964. The Labute approximate surface area is 151 Å². The van der Waals surface area contributed by atoms with Gasteiger partial charge < -0.3 is 19.2 Å². The molecule has 1 N–H and O–H groups in total. The van der Waals surface area contributed by atoms with Crippen molar-refractivity contribution in [2.75, 3.05) is 13.7 Å². The molecule has 1 atom stereocenters. The normalized spacial score (nSPS) is 16.0. The van der Waals surface area contributed by atoms with Crippen molar-refractivity contribution >= 4 is 17.0 Å². The molecule has 6 heteroatoms. The summed E-state index contributed by atoms with van der Waals surface area (Å²) in [6.07, 6.45) is 0.616. The van der Waals surface area contributed by atoms with Gasteiger partial charge in [0.1, 0.15) is 12.1 Å². The van der Waals surface area contributed by atoms with Crippen LogP contribution >= 0.6 is 0 Å². The molecule has 134 valence electrons. The van der Waals surface area contributed by atoms with Gasteiger partial charge in [-0.2, -0.15) is 0 Å². The molecule has 0 radical (unpaired) electrons. The number of aromatic nitrogens is 1. The fourth-order valence-electron chi connectivity index (χ4n) is 3.24. The van der Waals surface area contributed by atoms with E-state index in [1.54, 1.807) is 7.11 Å². The van der Waals surface area contributed by atoms with E-state index in [0.717, 1.165) is 28.0 Å². The van der Waals surface area contributed by atoms with Crippen molar-refractivity contribution in [1.29, 1.82) is 0 Å². The Kier molecular flexibility index (Phi) is 4.24. The van der Waals surface area contributed by atoms with Gasteiger partial charge >= 0.3 is 0 Å². The van der Waals surface area contributed by atoms with Gasteiger partial charge in [0.15, 0.2) is 17.1 Å². The highest BCUT2D eigenvalue weighted by Crippen LogP contribution is 2.36. The number of methoxy groups -OCH3 is 1. The summed E-state index contributed by atoms with van der Waals surface area (Å²) in [6.45, 7) is 2.57. The maximum Gasteiger partial charge on any atom is 0.227 e. The first-order valence-electron chi connectivity index (χ1n) is 8.57. The van der Waals surface area contributed by atoms with Crippen LogP contribution in [0.4, 0.5) is 0 Å². The summed E-state index contributed by atoms with van der Waals surface area (Å²) < 4.78 is 16.8. The maximum atomic E-state index is 12.5. The van der Waals surface area contributed by atoms with E-state index in [-0.39, 0.29) is 18.4 Å². The van der Waals surface area contributed by atoms with Crippen molar-refractivity contribution in [2.24, 2.45) is 5.92 Å². The van der Waals surface area contributed by atoms with Gasteiger partial charge in [-0.3, -0.25) is 4.79 Å². The van der Waals surface area contributed by atoms with Gasteiger partial charge in [-0.25, -0.2) is 4.98 Å². The fourth-order valence-corrected chi connectivity index (χ4v) is 3.24. The first-order chi connectivity index (χ1) is 12.7. The molecule has 1 aliphatic heterocycles. The Hall–Kier alpha value is -3.02. The second-order valence-electron chi connectivity index (χ2n) is 6.41. The summed E-state index contributed by atoms with van der Waals surface area (Å²) in [5.41, 5.74) is 3.60. The molecular formula is C20H20N2O4. The van der Waals surface area contributed by atoms with Crippen LogP contribution in [0.3, 0.4) is 0 Å². The lowest BCUT2D eigenvalue weighted by Crippen LogP contribution is -2.37. The molecule has 2 aromatic carbocycles. The number of benzene rings is 2. The van der Waals surface area contributed by atoms with Gasteiger partial charge in [-0.15, -0.1) is 0 Å². The summed E-state index contributed by atoms with van der Waals surface area (Å²) >= 11 is 0. The summed E-state index contributed by atoms with van der Waals surface area (Å²) in [5, 5.41) is 2.90. The predicted octanol–water partition coefficient (Wildman–Crippen LogP) is 3.01. The van der Waals surface area contributed by atoms with Gasteiger partial charge in [0, 0.05) is 0 Å². The van der Waals surface area contributed by atoms with Crippen molar-refractivity contribution in [3.8, 4) is 11.5 Å². The summed E-state index contributed by atoms with van der Waals surface area (Å²) in [7, 11) is 1.61. The Morgan fingerprint density at radius 1 is 1.31 bits per heavy atom. The number of carbonyl (C=O) groups excluding carboxylic acids is 1. The monoisotopic (exact) mass is 352 g/mol. The number of oxazole rings is 1. The van der Waals surface area contributed by atoms with E-state index in [9.17, 15) is 4.79 Å². The third-order valence-electron chi connectivity index (χ3n) is 4.63. The Morgan fingerprint density at radius 2 is 2.15 bits per heavy atom. The number of para-hydroxylation sites is 2. The van der Waals surface area contributed by atoms with E-state index in [4.69, 9.17) is 13.9 Å². The average molecular weight is 352 g/mol. The van der Waals surface area contributed by atoms with Crippen LogP contribution in [0.15, 0.2) is 40.8 Å². The molecule has 3 aromatic rings. The number of rotatable bonds is 4. The molecular weight excluding hydrogens is 332 g/mol. The maximum absolute atomic E-state index is 12.5. The van der Waals surface area contributed by atoms with E-state index in [0.29, 0.717) is 24.7 Å². The third-order valence-corrected chi connectivity index (χ3v) is 4.63. The van der Waals surface area contributed by atoms with Gasteiger partial charge in [0.25, 0.3) is 0 Å². The number of nitrogens with one attached hydrogen (secondary N) is 1. The molecule has 0 spiro atoms. The number of carbonyl (C=O) groups is 1. The molecule has 0 bridgehead atoms. The zero-order valence-electron chi connectivity index (χ0n) is 14.7. The molecule has 0 aliphatic carbocycles. The number of hydrogen-bond donors (Lipinski definition) is 1. The van der Waals surface area contributed by atoms with Gasteiger partial charge in [-0.05, 0) is 36.6 Å². The van der Waals surface area contributed by atoms with Crippen molar-refractivity contribution < 1.29 is 18.7 Å². The number of amides is 1. The van der Waals surface area contributed by atoms with Gasteiger partial charge in [-0.1, -0.05) is 24.3 Å². The van der Waals surface area contributed by atoms with E-state index in [2.05, 4.69) is 10.3 Å². The van der Waals surface area contributed by atoms with Crippen molar-refractivity contribution in [1.82, 2.24) is 10.3 Å². The summed E-state index contributed by atoms with van der Waals surface area (Å²) in [6, 6.07) is 11.5. The highest BCUT2D eigenvalue weighted by Gasteiger charge is 2.28. The van der Waals surface area contributed by atoms with Crippen LogP contribution in [0, 0.1) is 12.8 Å². The zero-order chi connectivity index (χ0) is 18.1. The molecule has 2 heterocycles. The predicted molar refractivity (Wildman–Crippen MR) is 96.3 cm³/mol. The summed E-state index contributed by atoms with van der Waals surface area (Å²) in [4.78, 5) is 17.0. The Balaban J connectivity index is 1.43. The quantitative estimate of drug-likeness (QED) is 0.781. The van der Waals surface area contributed by atoms with Crippen LogP contribution < -0.4 is 14.8 Å². The highest BCUT2D eigenvalue weighted by molar-refractivity contribution is 5.80. The van der Waals surface area contributed by atoms with E-state index < -0.39 is 0 Å². The van der Waals surface area contributed by atoms with Gasteiger partial charge in [0.05, 0.1) is 19.6 Å². The van der Waals surface area contributed by atoms with Crippen LogP contribution in [0.1, 0.15) is 17.0 Å². The van der Waals surface area contributed by atoms with Crippen LogP contribution in [0.2, 0.25) is 0 Å². The smallest absolute Gasteiger partial charge is 0.227 e. The SMILES string of the molecule is COc1cccc2c1OC[C@@H](C(=O)NCc1nc3c(C)cccc3o1)C2. The first-order valence-corrected chi connectivity index (χ1v) is 8.57. The van der Waals surface area contributed by atoms with Crippen LogP contribution in [0.5, 0.6) is 11.5 Å². The molecule has 0 saturated carbocycles. The minimum absolute atomic E-state index is 0.0718. The highest BCUT2D eigenvalue weighted by atomic mass is 16.5. The topological polar surface area (TPSA) is 73.6 Å². The number of hydrogen-bond acceptors (Lipinski definition) is 5. The van der Waals surface area contributed by atoms with Crippen LogP contribution in [-0.4, -0.2) is 24.6 Å². The molecule has 6 nitrogen and oxygen atoms in total. The Morgan fingerprint density at radius 3 is 2.96 bits per heavy atom. The van der Waals surface area contributed by atoms with Crippen LogP contribution in [0.25, 0.3) is 11.1 Å². The lowest BCUT2D eigenvalue weighted by Gasteiger charge is -2.25. The molecule has 1 amide bonds. The second kappa shape index (κ2) is 6.71. The molecule has 26 heavy (non-hydrogen) atoms. The minimum Gasteiger partial charge on any atom is -0.493 e. The number of ether oxygens (including phenoxy) is 2. The van der Waals surface area contributed by atoms with Crippen molar-refractivity contribution in [2.45, 2.75) is 19.9 Å². The fraction of sp³-hybridized carbons (Fsp3) is 0.300. The lowest BCUT2D eigenvalue weighted by molar-refractivity contribution is -0.126. The minimum atomic E-state index is -0.249. The number of fused-ring (bicyclic) bond motifs is 2. The number of aryl methyl sites for hydroxylation is 1. The molecule has 0 unspecified atom stereocenters. The van der Waals surface area contributed by atoms with E-state index in [1.165, 1.54) is 0 Å². The summed E-state index contributed by atoms with van der Waals surface area (Å²) in [5.74, 6) is 1.61.